The van der Waals surface area contributed by atoms with Crippen LogP contribution in [-0.4, -0.2) is 17.9 Å². The largest absolute Gasteiger partial charge is 0.368 e. The van der Waals surface area contributed by atoms with Crippen molar-refractivity contribution in [3.63, 3.8) is 0 Å². The summed E-state index contributed by atoms with van der Waals surface area (Å²) in [7, 11) is 0. The van der Waals surface area contributed by atoms with Gasteiger partial charge in [-0.2, -0.15) is 0 Å². The predicted octanol–water partition coefficient (Wildman–Crippen LogP) is 2.09. The fraction of sp³-hybridized carbons (Fsp3) is 0.529. The van der Waals surface area contributed by atoms with E-state index in [0.29, 0.717) is 6.42 Å². The maximum Gasteiger partial charge on any atom is 0.240 e. The lowest BCUT2D eigenvalue weighted by molar-refractivity contribution is -0.130. The van der Waals surface area contributed by atoms with Crippen LogP contribution in [0.2, 0.25) is 0 Å². The Labute approximate surface area is 126 Å². The van der Waals surface area contributed by atoms with Crippen LogP contribution in [0.3, 0.4) is 0 Å². The van der Waals surface area contributed by atoms with Crippen molar-refractivity contribution in [2.75, 3.05) is 0 Å². The normalized spacial score (nSPS) is 17.2. The van der Waals surface area contributed by atoms with Crippen molar-refractivity contribution < 1.29 is 9.59 Å². The van der Waals surface area contributed by atoms with E-state index in [4.69, 9.17) is 5.73 Å². The molecule has 3 N–H and O–H groups in total. The number of carbonyl (C=O) groups excluding carboxylic acids is 2. The summed E-state index contributed by atoms with van der Waals surface area (Å²) in [5.41, 5.74) is 7.61. The first kappa shape index (κ1) is 15.5. The van der Waals surface area contributed by atoms with Crippen molar-refractivity contribution in [1.82, 2.24) is 5.32 Å². The number of amides is 2. The van der Waals surface area contributed by atoms with E-state index < -0.39 is 11.9 Å². The Morgan fingerprint density at radius 1 is 1.19 bits per heavy atom. The van der Waals surface area contributed by atoms with Gasteiger partial charge in [0.1, 0.15) is 6.04 Å². The summed E-state index contributed by atoms with van der Waals surface area (Å²) in [5.74, 6) is -0.455. The molecule has 1 atom stereocenters. The molecule has 1 aromatic rings. The quantitative estimate of drug-likeness (QED) is 0.870. The first-order chi connectivity index (χ1) is 10.1. The number of rotatable bonds is 5. The number of primary amides is 1. The fourth-order valence-electron chi connectivity index (χ4n) is 2.84. The topological polar surface area (TPSA) is 72.2 Å². The van der Waals surface area contributed by atoms with Crippen molar-refractivity contribution in [2.45, 2.75) is 51.5 Å². The van der Waals surface area contributed by atoms with Crippen molar-refractivity contribution >= 4 is 11.8 Å². The number of nitrogens with two attached hydrogens (primary N) is 1. The maximum absolute atomic E-state index is 12.2. The van der Waals surface area contributed by atoms with Crippen LogP contribution in [0.15, 0.2) is 24.3 Å². The molecule has 0 radical (unpaired) electrons. The third kappa shape index (κ3) is 4.59. The van der Waals surface area contributed by atoms with E-state index >= 15 is 0 Å². The number of hydrogen-bond acceptors (Lipinski definition) is 2. The standard InChI is InChI=1S/C17H24N2O2/c1-12-7-9-13(10-8-12)11-15(16(18)20)19-17(21)14-5-3-2-4-6-14/h7-10,14-15H,2-6,11H2,1H3,(H2,18,20)(H,19,21)/t15-/m1/s1. The average molecular weight is 288 g/mol. The van der Waals surface area contributed by atoms with E-state index in [0.717, 1.165) is 31.2 Å². The summed E-state index contributed by atoms with van der Waals surface area (Å²) in [6.07, 6.45) is 5.68. The van der Waals surface area contributed by atoms with Gasteiger partial charge in [-0.3, -0.25) is 9.59 Å². The first-order valence-electron chi connectivity index (χ1n) is 7.71. The zero-order chi connectivity index (χ0) is 15.2. The Balaban J connectivity index is 1.96. The smallest absolute Gasteiger partial charge is 0.240 e. The van der Waals surface area contributed by atoms with Crippen LogP contribution in [0.25, 0.3) is 0 Å². The highest BCUT2D eigenvalue weighted by molar-refractivity contribution is 5.87. The average Bonchev–Trinajstić information content (AvgIpc) is 2.49. The second-order valence-corrected chi connectivity index (χ2v) is 5.99. The van der Waals surface area contributed by atoms with Crippen molar-refractivity contribution in [3.8, 4) is 0 Å². The highest BCUT2D eigenvalue weighted by Gasteiger charge is 2.25. The molecule has 1 fully saturated rings. The first-order valence-corrected chi connectivity index (χ1v) is 7.71. The van der Waals surface area contributed by atoms with Crippen LogP contribution < -0.4 is 11.1 Å². The van der Waals surface area contributed by atoms with Crippen molar-refractivity contribution in [1.29, 1.82) is 0 Å². The summed E-state index contributed by atoms with van der Waals surface area (Å²) in [4.78, 5) is 23.8. The van der Waals surface area contributed by atoms with E-state index in [9.17, 15) is 9.59 Å². The molecule has 2 rings (SSSR count). The van der Waals surface area contributed by atoms with Crippen LogP contribution in [-0.2, 0) is 16.0 Å². The van der Waals surface area contributed by atoms with Crippen LogP contribution in [0.5, 0.6) is 0 Å². The molecule has 1 aliphatic rings. The van der Waals surface area contributed by atoms with Gasteiger partial charge in [0, 0.05) is 12.3 Å². The fourth-order valence-corrected chi connectivity index (χ4v) is 2.84. The van der Waals surface area contributed by atoms with Gasteiger partial charge in [0.2, 0.25) is 11.8 Å². The summed E-state index contributed by atoms with van der Waals surface area (Å²) in [6.45, 7) is 2.01. The second-order valence-electron chi connectivity index (χ2n) is 5.99. The summed E-state index contributed by atoms with van der Waals surface area (Å²) in [6, 6.07) is 7.31. The van der Waals surface area contributed by atoms with Crippen LogP contribution in [0.1, 0.15) is 43.2 Å². The summed E-state index contributed by atoms with van der Waals surface area (Å²) >= 11 is 0. The third-order valence-electron chi connectivity index (χ3n) is 4.20. The summed E-state index contributed by atoms with van der Waals surface area (Å²) in [5, 5.41) is 2.84. The highest BCUT2D eigenvalue weighted by Crippen LogP contribution is 2.23. The monoisotopic (exact) mass is 288 g/mol. The minimum atomic E-state index is -0.623. The lowest BCUT2D eigenvalue weighted by Gasteiger charge is -2.23. The van der Waals surface area contributed by atoms with Crippen LogP contribution in [0.4, 0.5) is 0 Å². The molecule has 114 valence electrons. The molecule has 0 spiro atoms. The molecule has 1 aromatic carbocycles. The van der Waals surface area contributed by atoms with E-state index in [1.54, 1.807) is 0 Å². The zero-order valence-corrected chi connectivity index (χ0v) is 12.6. The summed E-state index contributed by atoms with van der Waals surface area (Å²) < 4.78 is 0. The second kappa shape index (κ2) is 7.25. The molecule has 0 bridgehead atoms. The van der Waals surface area contributed by atoms with E-state index in [-0.39, 0.29) is 11.8 Å². The minimum Gasteiger partial charge on any atom is -0.368 e. The SMILES string of the molecule is Cc1ccc(C[C@@H](NC(=O)C2CCCCC2)C(N)=O)cc1. The molecule has 0 heterocycles. The van der Waals surface area contributed by atoms with Gasteiger partial charge in [-0.05, 0) is 25.3 Å². The molecule has 0 saturated heterocycles. The lowest BCUT2D eigenvalue weighted by Crippen LogP contribution is -2.48. The Kier molecular flexibility index (Phi) is 5.37. The van der Waals surface area contributed by atoms with Gasteiger partial charge < -0.3 is 11.1 Å². The molecular formula is C17H24N2O2. The van der Waals surface area contributed by atoms with E-state index in [1.807, 2.05) is 31.2 Å². The number of nitrogens with one attached hydrogen (secondary N) is 1. The number of aryl methyl sites for hydroxylation is 1. The zero-order valence-electron chi connectivity index (χ0n) is 12.6. The Morgan fingerprint density at radius 3 is 2.38 bits per heavy atom. The lowest BCUT2D eigenvalue weighted by atomic mass is 9.88. The predicted molar refractivity (Wildman–Crippen MR) is 82.6 cm³/mol. The number of carbonyl (C=O) groups is 2. The van der Waals surface area contributed by atoms with Gasteiger partial charge in [0.05, 0.1) is 0 Å². The van der Waals surface area contributed by atoms with Crippen molar-refractivity contribution in [3.05, 3.63) is 35.4 Å². The van der Waals surface area contributed by atoms with E-state index in [1.165, 1.54) is 12.0 Å². The van der Waals surface area contributed by atoms with Gasteiger partial charge in [0.15, 0.2) is 0 Å². The van der Waals surface area contributed by atoms with Gasteiger partial charge in [-0.25, -0.2) is 0 Å². The maximum atomic E-state index is 12.2. The number of benzene rings is 1. The molecule has 4 nitrogen and oxygen atoms in total. The van der Waals surface area contributed by atoms with Gasteiger partial charge in [-0.15, -0.1) is 0 Å². The molecule has 4 heteroatoms. The molecule has 0 aliphatic heterocycles. The van der Waals surface area contributed by atoms with Crippen LogP contribution in [0, 0.1) is 12.8 Å². The van der Waals surface area contributed by atoms with Gasteiger partial charge in [0.25, 0.3) is 0 Å². The third-order valence-corrected chi connectivity index (χ3v) is 4.20. The van der Waals surface area contributed by atoms with E-state index in [2.05, 4.69) is 5.32 Å². The Morgan fingerprint density at radius 2 is 1.81 bits per heavy atom. The molecule has 0 unspecified atom stereocenters. The highest BCUT2D eigenvalue weighted by atomic mass is 16.2. The molecule has 21 heavy (non-hydrogen) atoms. The van der Waals surface area contributed by atoms with Gasteiger partial charge >= 0.3 is 0 Å². The molecule has 1 saturated carbocycles. The van der Waals surface area contributed by atoms with Crippen LogP contribution >= 0.6 is 0 Å². The molecule has 2 amide bonds. The Hall–Kier alpha value is -1.84. The molecule has 1 aliphatic carbocycles. The number of hydrogen-bond donors (Lipinski definition) is 2. The minimum absolute atomic E-state index is 0.0226. The molecule has 0 aromatic heterocycles. The van der Waals surface area contributed by atoms with Crippen molar-refractivity contribution in [2.24, 2.45) is 11.7 Å². The van der Waals surface area contributed by atoms with Gasteiger partial charge in [-0.1, -0.05) is 49.1 Å². The Bertz CT molecular complexity index is 490. The molecular weight excluding hydrogens is 264 g/mol.